The standard InChI is InChI=1S/C16H20N4O2/c1-16(2,3)18-14-10-9-13(19-20-14)17-15(21)11-5-7-12(22-4)8-6-11/h5-10H,1-4H3,(H,18,20)(H,17,19,21). The molecule has 0 saturated carbocycles. The zero-order valence-corrected chi connectivity index (χ0v) is 13.2. The number of hydrogen-bond acceptors (Lipinski definition) is 5. The van der Waals surface area contributed by atoms with Gasteiger partial charge in [0, 0.05) is 11.1 Å². The maximum Gasteiger partial charge on any atom is 0.256 e. The second kappa shape index (κ2) is 6.43. The number of aromatic nitrogens is 2. The summed E-state index contributed by atoms with van der Waals surface area (Å²) in [4.78, 5) is 12.1. The Morgan fingerprint density at radius 1 is 1.00 bits per heavy atom. The van der Waals surface area contributed by atoms with Crippen LogP contribution in [-0.4, -0.2) is 28.8 Å². The lowest BCUT2D eigenvalue weighted by Crippen LogP contribution is -2.26. The van der Waals surface area contributed by atoms with Crippen molar-refractivity contribution in [3.05, 3.63) is 42.0 Å². The lowest BCUT2D eigenvalue weighted by Gasteiger charge is -2.20. The van der Waals surface area contributed by atoms with E-state index in [0.29, 0.717) is 22.9 Å². The highest BCUT2D eigenvalue weighted by atomic mass is 16.5. The Balaban J connectivity index is 2.02. The van der Waals surface area contributed by atoms with Gasteiger partial charge in [-0.3, -0.25) is 4.79 Å². The molecule has 1 aromatic heterocycles. The molecule has 0 bridgehead atoms. The number of benzene rings is 1. The number of methoxy groups -OCH3 is 1. The highest BCUT2D eigenvalue weighted by Crippen LogP contribution is 2.14. The van der Waals surface area contributed by atoms with Crippen LogP contribution in [-0.2, 0) is 0 Å². The number of carbonyl (C=O) groups excluding carboxylic acids is 1. The third-order valence-electron chi connectivity index (χ3n) is 2.76. The summed E-state index contributed by atoms with van der Waals surface area (Å²) in [5, 5.41) is 13.9. The topological polar surface area (TPSA) is 76.1 Å². The first-order valence-corrected chi connectivity index (χ1v) is 6.95. The molecule has 1 aromatic carbocycles. The fraction of sp³-hybridized carbons (Fsp3) is 0.312. The number of carbonyl (C=O) groups is 1. The van der Waals surface area contributed by atoms with Crippen LogP contribution in [0.25, 0.3) is 0 Å². The molecule has 0 saturated heterocycles. The summed E-state index contributed by atoms with van der Waals surface area (Å²) < 4.78 is 5.06. The minimum Gasteiger partial charge on any atom is -0.497 e. The third-order valence-corrected chi connectivity index (χ3v) is 2.76. The minimum atomic E-state index is -0.242. The Kier molecular flexibility index (Phi) is 4.60. The van der Waals surface area contributed by atoms with Gasteiger partial charge in [0.2, 0.25) is 0 Å². The maximum atomic E-state index is 12.1. The number of nitrogens with one attached hydrogen (secondary N) is 2. The number of anilines is 2. The normalized spacial score (nSPS) is 10.9. The molecular formula is C16H20N4O2. The largest absolute Gasteiger partial charge is 0.497 e. The Bertz CT molecular complexity index is 631. The zero-order valence-electron chi connectivity index (χ0n) is 13.2. The summed E-state index contributed by atoms with van der Waals surface area (Å²) in [5.41, 5.74) is 0.433. The molecule has 2 rings (SSSR count). The van der Waals surface area contributed by atoms with Crippen molar-refractivity contribution in [3.8, 4) is 5.75 Å². The third kappa shape index (κ3) is 4.44. The highest BCUT2D eigenvalue weighted by Gasteiger charge is 2.11. The van der Waals surface area contributed by atoms with E-state index in [1.54, 1.807) is 43.5 Å². The average molecular weight is 300 g/mol. The Labute approximate surface area is 129 Å². The fourth-order valence-electron chi connectivity index (χ4n) is 1.78. The van der Waals surface area contributed by atoms with Gasteiger partial charge in [-0.05, 0) is 57.2 Å². The van der Waals surface area contributed by atoms with Gasteiger partial charge in [-0.15, -0.1) is 10.2 Å². The molecule has 0 spiro atoms. The van der Waals surface area contributed by atoms with Gasteiger partial charge in [0.25, 0.3) is 5.91 Å². The Morgan fingerprint density at radius 2 is 1.59 bits per heavy atom. The molecule has 0 fully saturated rings. The van der Waals surface area contributed by atoms with E-state index in [2.05, 4.69) is 20.8 Å². The molecule has 0 atom stereocenters. The lowest BCUT2D eigenvalue weighted by atomic mass is 10.1. The van der Waals surface area contributed by atoms with Crippen LogP contribution >= 0.6 is 0 Å². The summed E-state index contributed by atoms with van der Waals surface area (Å²) >= 11 is 0. The van der Waals surface area contributed by atoms with Crippen molar-refractivity contribution in [1.29, 1.82) is 0 Å². The van der Waals surface area contributed by atoms with Crippen molar-refractivity contribution < 1.29 is 9.53 Å². The van der Waals surface area contributed by atoms with E-state index in [1.807, 2.05) is 20.8 Å². The number of amides is 1. The number of hydrogen-bond donors (Lipinski definition) is 2. The van der Waals surface area contributed by atoms with Crippen LogP contribution < -0.4 is 15.4 Å². The number of nitrogens with zero attached hydrogens (tertiary/aromatic N) is 2. The van der Waals surface area contributed by atoms with Crippen molar-refractivity contribution in [2.24, 2.45) is 0 Å². The van der Waals surface area contributed by atoms with Gasteiger partial charge in [-0.25, -0.2) is 0 Å². The van der Waals surface area contributed by atoms with Crippen LogP contribution in [0.15, 0.2) is 36.4 Å². The van der Waals surface area contributed by atoms with E-state index >= 15 is 0 Å². The van der Waals surface area contributed by atoms with Crippen LogP contribution in [0.2, 0.25) is 0 Å². The van der Waals surface area contributed by atoms with Crippen LogP contribution in [0.4, 0.5) is 11.6 Å². The van der Waals surface area contributed by atoms with Gasteiger partial charge < -0.3 is 15.4 Å². The van der Waals surface area contributed by atoms with Crippen LogP contribution in [0.1, 0.15) is 31.1 Å². The molecule has 6 nitrogen and oxygen atoms in total. The first-order valence-electron chi connectivity index (χ1n) is 6.95. The van der Waals surface area contributed by atoms with Crippen molar-refractivity contribution >= 4 is 17.5 Å². The number of rotatable bonds is 4. The van der Waals surface area contributed by atoms with E-state index in [1.165, 1.54) is 0 Å². The maximum absolute atomic E-state index is 12.1. The van der Waals surface area contributed by atoms with Crippen molar-refractivity contribution in [1.82, 2.24) is 10.2 Å². The summed E-state index contributed by atoms with van der Waals surface area (Å²) in [5.74, 6) is 1.53. The van der Waals surface area contributed by atoms with Crippen LogP contribution in [0, 0.1) is 0 Å². The predicted octanol–water partition coefficient (Wildman–Crippen LogP) is 2.95. The second-order valence-corrected chi connectivity index (χ2v) is 5.86. The monoisotopic (exact) mass is 300 g/mol. The quantitative estimate of drug-likeness (QED) is 0.908. The molecule has 1 heterocycles. The van der Waals surface area contributed by atoms with Gasteiger partial charge in [0.05, 0.1) is 7.11 Å². The average Bonchev–Trinajstić information content (AvgIpc) is 2.48. The molecular weight excluding hydrogens is 280 g/mol. The molecule has 1 amide bonds. The van der Waals surface area contributed by atoms with E-state index in [4.69, 9.17) is 4.74 Å². The van der Waals surface area contributed by atoms with E-state index in [0.717, 1.165) is 0 Å². The molecule has 22 heavy (non-hydrogen) atoms. The Hall–Kier alpha value is -2.63. The summed E-state index contributed by atoms with van der Waals surface area (Å²) in [6.45, 7) is 6.11. The first-order chi connectivity index (χ1) is 10.4. The van der Waals surface area contributed by atoms with Crippen LogP contribution in [0.5, 0.6) is 5.75 Å². The van der Waals surface area contributed by atoms with Gasteiger partial charge in [0.15, 0.2) is 5.82 Å². The van der Waals surface area contributed by atoms with E-state index < -0.39 is 0 Å². The van der Waals surface area contributed by atoms with Crippen LogP contribution in [0.3, 0.4) is 0 Å². The van der Waals surface area contributed by atoms with Crippen molar-refractivity contribution in [3.63, 3.8) is 0 Å². The van der Waals surface area contributed by atoms with E-state index in [9.17, 15) is 4.79 Å². The lowest BCUT2D eigenvalue weighted by molar-refractivity contribution is 0.102. The zero-order chi connectivity index (χ0) is 16.2. The molecule has 0 aliphatic carbocycles. The van der Waals surface area contributed by atoms with E-state index in [-0.39, 0.29) is 11.4 Å². The number of ether oxygens (including phenoxy) is 1. The molecule has 0 radical (unpaired) electrons. The first kappa shape index (κ1) is 15.8. The fourth-order valence-corrected chi connectivity index (χ4v) is 1.78. The molecule has 2 aromatic rings. The second-order valence-electron chi connectivity index (χ2n) is 5.86. The van der Waals surface area contributed by atoms with Gasteiger partial charge in [-0.2, -0.15) is 0 Å². The molecule has 2 N–H and O–H groups in total. The Morgan fingerprint density at radius 3 is 2.09 bits per heavy atom. The minimum absolute atomic E-state index is 0.0947. The van der Waals surface area contributed by atoms with Crippen molar-refractivity contribution in [2.75, 3.05) is 17.7 Å². The highest BCUT2D eigenvalue weighted by molar-refractivity contribution is 6.03. The molecule has 0 unspecified atom stereocenters. The van der Waals surface area contributed by atoms with Crippen molar-refractivity contribution in [2.45, 2.75) is 26.3 Å². The smallest absolute Gasteiger partial charge is 0.256 e. The van der Waals surface area contributed by atoms with Gasteiger partial charge in [-0.1, -0.05) is 0 Å². The summed E-state index contributed by atoms with van der Waals surface area (Å²) in [7, 11) is 1.58. The summed E-state index contributed by atoms with van der Waals surface area (Å²) in [6.07, 6.45) is 0. The van der Waals surface area contributed by atoms with Gasteiger partial charge >= 0.3 is 0 Å². The van der Waals surface area contributed by atoms with Gasteiger partial charge in [0.1, 0.15) is 11.6 Å². The molecule has 116 valence electrons. The predicted molar refractivity (Wildman–Crippen MR) is 86.4 cm³/mol. The SMILES string of the molecule is COc1ccc(C(=O)Nc2ccc(NC(C)(C)C)nn2)cc1. The molecule has 0 aliphatic rings. The summed E-state index contributed by atoms with van der Waals surface area (Å²) in [6, 6.07) is 10.3. The molecule has 6 heteroatoms. The molecule has 0 aliphatic heterocycles.